The molecule has 2 N–H and O–H groups in total. The van der Waals surface area contributed by atoms with Crippen LogP contribution in [0.5, 0.6) is 0 Å². The van der Waals surface area contributed by atoms with Gasteiger partial charge in [-0.25, -0.2) is 4.79 Å². The van der Waals surface area contributed by atoms with Crippen molar-refractivity contribution in [2.45, 2.75) is 26.3 Å². The molecule has 3 aromatic carbocycles. The third kappa shape index (κ3) is 4.82. The Morgan fingerprint density at radius 1 is 1.00 bits per heavy atom. The topological polar surface area (TPSA) is 101 Å². The fourth-order valence-corrected chi connectivity index (χ4v) is 4.72. The lowest BCUT2D eigenvalue weighted by Gasteiger charge is -2.13. The van der Waals surface area contributed by atoms with Crippen LogP contribution in [-0.2, 0) is 4.79 Å². The lowest BCUT2D eigenvalue weighted by atomic mass is 10.1. The van der Waals surface area contributed by atoms with Gasteiger partial charge in [0.25, 0.3) is 11.8 Å². The number of nitrogens with zero attached hydrogens (tertiary/aromatic N) is 2. The number of anilines is 1. The Labute approximate surface area is 200 Å². The second-order valence-electron chi connectivity index (χ2n) is 7.80. The zero-order valence-corrected chi connectivity index (χ0v) is 19.5. The van der Waals surface area contributed by atoms with E-state index in [1.807, 2.05) is 25.1 Å². The molecule has 2 amide bonds. The van der Waals surface area contributed by atoms with Gasteiger partial charge >= 0.3 is 5.97 Å². The first-order valence-electron chi connectivity index (χ1n) is 10.8. The summed E-state index contributed by atoms with van der Waals surface area (Å²) < 4.78 is 2.29. The molecule has 8 heteroatoms. The first-order valence-corrected chi connectivity index (χ1v) is 11.6. The van der Waals surface area contributed by atoms with E-state index < -0.39 is 17.9 Å². The van der Waals surface area contributed by atoms with E-state index >= 15 is 0 Å². The van der Waals surface area contributed by atoms with Gasteiger partial charge in [-0.05, 0) is 55.8 Å². The molecule has 4 aromatic rings. The van der Waals surface area contributed by atoms with Gasteiger partial charge in [-0.3, -0.25) is 9.59 Å². The van der Waals surface area contributed by atoms with Crippen LogP contribution in [0.4, 0.5) is 5.69 Å². The van der Waals surface area contributed by atoms with Crippen LogP contribution in [0.2, 0.25) is 0 Å². The summed E-state index contributed by atoms with van der Waals surface area (Å²) in [7, 11) is 0. The maximum absolute atomic E-state index is 12.8. The van der Waals surface area contributed by atoms with E-state index in [4.69, 9.17) is 0 Å². The van der Waals surface area contributed by atoms with E-state index in [1.54, 1.807) is 66.1 Å². The molecule has 4 rings (SSSR count). The molecule has 0 aliphatic carbocycles. The van der Waals surface area contributed by atoms with Crippen molar-refractivity contribution in [3.63, 3.8) is 0 Å². The molecule has 0 aliphatic heterocycles. The Morgan fingerprint density at radius 2 is 1.71 bits per heavy atom. The summed E-state index contributed by atoms with van der Waals surface area (Å²) in [6.07, 6.45) is 0.319. The SMILES string of the molecule is CCC(C(=O)O)n1c(=NC(=O)c2ccc(C)cc2)sc2cc(NC(=O)c3ccccc3)ccc21. The first kappa shape index (κ1) is 23.1. The molecule has 34 heavy (non-hydrogen) atoms. The van der Waals surface area contributed by atoms with Crippen LogP contribution in [0, 0.1) is 6.92 Å². The van der Waals surface area contributed by atoms with Gasteiger partial charge in [-0.2, -0.15) is 4.99 Å². The minimum Gasteiger partial charge on any atom is -0.480 e. The Balaban J connectivity index is 1.79. The molecule has 0 saturated carbocycles. The van der Waals surface area contributed by atoms with Gasteiger partial charge in [0.2, 0.25) is 0 Å². The quantitative estimate of drug-likeness (QED) is 0.410. The second-order valence-corrected chi connectivity index (χ2v) is 8.81. The van der Waals surface area contributed by atoms with Gasteiger partial charge in [0.05, 0.1) is 10.2 Å². The molecule has 0 aliphatic rings. The predicted octanol–water partition coefficient (Wildman–Crippen LogP) is 5.04. The number of carbonyl (C=O) groups is 3. The van der Waals surface area contributed by atoms with E-state index in [0.29, 0.717) is 38.3 Å². The average molecular weight is 474 g/mol. The zero-order valence-electron chi connectivity index (χ0n) is 18.7. The zero-order chi connectivity index (χ0) is 24.2. The molecular weight excluding hydrogens is 450 g/mol. The van der Waals surface area contributed by atoms with Crippen molar-refractivity contribution >= 4 is 45.0 Å². The molecule has 1 atom stereocenters. The van der Waals surface area contributed by atoms with E-state index in [2.05, 4.69) is 10.3 Å². The number of aliphatic carboxylic acids is 1. The van der Waals surface area contributed by atoms with Gasteiger partial charge in [0.15, 0.2) is 4.80 Å². The van der Waals surface area contributed by atoms with Crippen LogP contribution in [0.3, 0.4) is 0 Å². The summed E-state index contributed by atoms with van der Waals surface area (Å²) >= 11 is 1.21. The molecule has 0 bridgehead atoms. The Bertz CT molecular complexity index is 1440. The predicted molar refractivity (Wildman–Crippen MR) is 132 cm³/mol. The van der Waals surface area contributed by atoms with Crippen LogP contribution >= 0.6 is 11.3 Å². The summed E-state index contributed by atoms with van der Waals surface area (Å²) in [5.74, 6) is -1.70. The van der Waals surface area contributed by atoms with Crippen molar-refractivity contribution < 1.29 is 19.5 Å². The molecule has 172 valence electrons. The lowest BCUT2D eigenvalue weighted by molar-refractivity contribution is -0.140. The molecule has 0 spiro atoms. The smallest absolute Gasteiger partial charge is 0.326 e. The number of aryl methyl sites for hydroxylation is 1. The van der Waals surface area contributed by atoms with Crippen molar-refractivity contribution in [2.24, 2.45) is 4.99 Å². The highest BCUT2D eigenvalue weighted by Gasteiger charge is 2.22. The van der Waals surface area contributed by atoms with Crippen LogP contribution in [-0.4, -0.2) is 27.5 Å². The normalized spacial score (nSPS) is 12.5. The third-order valence-electron chi connectivity index (χ3n) is 5.40. The number of fused-ring (bicyclic) bond motifs is 1. The molecule has 0 fully saturated rings. The number of hydrogen-bond donors (Lipinski definition) is 2. The van der Waals surface area contributed by atoms with E-state index in [9.17, 15) is 19.5 Å². The highest BCUT2D eigenvalue weighted by molar-refractivity contribution is 7.16. The molecule has 0 radical (unpaired) electrons. The molecule has 1 heterocycles. The van der Waals surface area contributed by atoms with Crippen molar-refractivity contribution in [3.05, 3.63) is 94.3 Å². The Kier molecular flexibility index (Phi) is 6.70. The maximum atomic E-state index is 12.8. The third-order valence-corrected chi connectivity index (χ3v) is 6.42. The van der Waals surface area contributed by atoms with Gasteiger partial charge in [-0.1, -0.05) is 54.2 Å². The number of rotatable bonds is 6. The largest absolute Gasteiger partial charge is 0.480 e. The van der Waals surface area contributed by atoms with Gasteiger partial charge in [0.1, 0.15) is 6.04 Å². The highest BCUT2D eigenvalue weighted by atomic mass is 32.1. The molecule has 1 unspecified atom stereocenters. The molecular formula is C26H23N3O4S. The molecule has 1 aromatic heterocycles. The number of nitrogens with one attached hydrogen (secondary N) is 1. The standard InChI is InChI=1S/C26H23N3O4S/c1-3-20(25(32)33)29-21-14-13-19(27-23(30)17-7-5-4-6-8-17)15-22(21)34-26(29)28-24(31)18-11-9-16(2)10-12-18/h4-15,20H,3H2,1-2H3,(H,27,30)(H,32,33). The minimum atomic E-state index is -1.01. The first-order chi connectivity index (χ1) is 16.4. The van der Waals surface area contributed by atoms with Crippen molar-refractivity contribution in [1.82, 2.24) is 4.57 Å². The van der Waals surface area contributed by atoms with Crippen LogP contribution in [0.15, 0.2) is 77.8 Å². The summed E-state index contributed by atoms with van der Waals surface area (Å²) in [6, 6.07) is 20.2. The number of thiazole rings is 1. The number of carbonyl (C=O) groups excluding carboxylic acids is 2. The Morgan fingerprint density at radius 3 is 2.35 bits per heavy atom. The van der Waals surface area contributed by atoms with Crippen molar-refractivity contribution in [2.75, 3.05) is 5.32 Å². The number of aromatic nitrogens is 1. The fourth-order valence-electron chi connectivity index (χ4n) is 3.61. The van der Waals surface area contributed by atoms with Crippen LogP contribution < -0.4 is 10.1 Å². The maximum Gasteiger partial charge on any atom is 0.326 e. The monoisotopic (exact) mass is 473 g/mol. The molecule has 0 saturated heterocycles. The Hall–Kier alpha value is -4.04. The average Bonchev–Trinajstić information content (AvgIpc) is 3.17. The van der Waals surface area contributed by atoms with Gasteiger partial charge in [-0.15, -0.1) is 0 Å². The number of hydrogen-bond acceptors (Lipinski definition) is 4. The van der Waals surface area contributed by atoms with Crippen LogP contribution in [0.25, 0.3) is 10.2 Å². The summed E-state index contributed by atoms with van der Waals surface area (Å²) in [6.45, 7) is 3.70. The van der Waals surface area contributed by atoms with Gasteiger partial charge < -0.3 is 15.0 Å². The lowest BCUT2D eigenvalue weighted by Crippen LogP contribution is -2.27. The van der Waals surface area contributed by atoms with Crippen LogP contribution in [0.1, 0.15) is 45.7 Å². The number of carboxylic acid groups (broad SMARTS) is 1. The number of carboxylic acids is 1. The minimum absolute atomic E-state index is 0.249. The fraction of sp³-hybridized carbons (Fsp3) is 0.154. The number of amides is 2. The van der Waals surface area contributed by atoms with Crippen molar-refractivity contribution in [3.8, 4) is 0 Å². The van der Waals surface area contributed by atoms with E-state index in [0.717, 1.165) is 5.56 Å². The second kappa shape index (κ2) is 9.84. The van der Waals surface area contributed by atoms with E-state index in [1.165, 1.54) is 11.3 Å². The summed E-state index contributed by atoms with van der Waals surface area (Å²) in [4.78, 5) is 41.9. The van der Waals surface area contributed by atoms with Gasteiger partial charge in [0, 0.05) is 16.8 Å². The van der Waals surface area contributed by atoms with Crippen molar-refractivity contribution in [1.29, 1.82) is 0 Å². The summed E-state index contributed by atoms with van der Waals surface area (Å²) in [5.41, 5.74) is 3.17. The highest BCUT2D eigenvalue weighted by Crippen LogP contribution is 2.26. The number of benzene rings is 3. The van der Waals surface area contributed by atoms with E-state index in [-0.39, 0.29) is 5.91 Å². The molecule has 7 nitrogen and oxygen atoms in total. The summed E-state index contributed by atoms with van der Waals surface area (Å²) in [5, 5.41) is 12.7.